The minimum Gasteiger partial charge on any atom is -0.508 e. The Morgan fingerprint density at radius 2 is 1.96 bits per heavy atom. The molecule has 0 bridgehead atoms. The molecular formula is C19H17ClN2O4. The molecule has 0 aromatic heterocycles. The molecule has 3 N–H and O–H groups in total. The van der Waals surface area contributed by atoms with Crippen LogP contribution < -0.4 is 10.6 Å². The zero-order chi connectivity index (χ0) is 18.7. The summed E-state index contributed by atoms with van der Waals surface area (Å²) in [6, 6.07) is 12.3. The summed E-state index contributed by atoms with van der Waals surface area (Å²) in [5.74, 6) is -0.675. The van der Waals surface area contributed by atoms with Crippen LogP contribution in [0, 0.1) is 0 Å². The lowest BCUT2D eigenvalue weighted by atomic mass is 9.95. The van der Waals surface area contributed by atoms with Crippen molar-refractivity contribution in [3.8, 4) is 5.75 Å². The van der Waals surface area contributed by atoms with Crippen LogP contribution in [-0.4, -0.2) is 17.1 Å². The number of benzene rings is 2. The number of urea groups is 1. The Morgan fingerprint density at radius 3 is 2.69 bits per heavy atom. The van der Waals surface area contributed by atoms with Gasteiger partial charge in [0.05, 0.1) is 11.6 Å². The van der Waals surface area contributed by atoms with Crippen LogP contribution in [0.15, 0.2) is 59.8 Å². The van der Waals surface area contributed by atoms with Gasteiger partial charge in [-0.1, -0.05) is 41.9 Å². The Kier molecular flexibility index (Phi) is 5.14. The van der Waals surface area contributed by atoms with Crippen molar-refractivity contribution >= 4 is 23.6 Å². The molecule has 26 heavy (non-hydrogen) atoms. The summed E-state index contributed by atoms with van der Waals surface area (Å²) in [7, 11) is 0. The van der Waals surface area contributed by atoms with E-state index in [1.807, 2.05) is 30.3 Å². The van der Waals surface area contributed by atoms with Crippen LogP contribution in [-0.2, 0) is 16.1 Å². The van der Waals surface area contributed by atoms with Crippen LogP contribution in [0.2, 0.25) is 5.02 Å². The van der Waals surface area contributed by atoms with Gasteiger partial charge in [-0.15, -0.1) is 0 Å². The third kappa shape index (κ3) is 3.81. The molecule has 1 aliphatic rings. The molecule has 2 aromatic carbocycles. The summed E-state index contributed by atoms with van der Waals surface area (Å²) >= 11 is 6.01. The first kappa shape index (κ1) is 17.8. The van der Waals surface area contributed by atoms with Crippen molar-refractivity contribution in [3.63, 3.8) is 0 Å². The molecule has 6 nitrogen and oxygen atoms in total. The predicted molar refractivity (Wildman–Crippen MR) is 96.5 cm³/mol. The average Bonchev–Trinajstić information content (AvgIpc) is 2.62. The van der Waals surface area contributed by atoms with Gasteiger partial charge in [0.1, 0.15) is 12.4 Å². The number of carbonyl (C=O) groups is 2. The summed E-state index contributed by atoms with van der Waals surface area (Å²) in [6.07, 6.45) is 0. The fraction of sp³-hybridized carbons (Fsp3) is 0.158. The van der Waals surface area contributed by atoms with E-state index in [1.165, 1.54) is 18.2 Å². The highest BCUT2D eigenvalue weighted by Crippen LogP contribution is 2.34. The molecule has 1 atom stereocenters. The summed E-state index contributed by atoms with van der Waals surface area (Å²) in [6.45, 7) is 1.70. The van der Waals surface area contributed by atoms with E-state index < -0.39 is 18.0 Å². The van der Waals surface area contributed by atoms with E-state index in [0.29, 0.717) is 16.3 Å². The monoisotopic (exact) mass is 372 g/mol. The maximum atomic E-state index is 12.7. The lowest BCUT2D eigenvalue weighted by Gasteiger charge is -2.28. The van der Waals surface area contributed by atoms with Gasteiger partial charge in [0.2, 0.25) is 0 Å². The Labute approximate surface area is 155 Å². The number of carbonyl (C=O) groups excluding carboxylic acids is 2. The normalized spacial score (nSPS) is 16.7. The minimum atomic E-state index is -0.870. The summed E-state index contributed by atoms with van der Waals surface area (Å²) in [5.41, 5.74) is 1.72. The van der Waals surface area contributed by atoms with E-state index in [0.717, 1.165) is 5.56 Å². The standard InChI is InChI=1S/C19H17ClN2O4/c1-11-16(18(24)26-10-12-5-3-2-4-6-12)17(22-19(25)21-11)14-9-13(20)7-8-15(14)23/h2-9,17,23H,10H2,1H3,(H2,21,22,25). The van der Waals surface area contributed by atoms with Gasteiger partial charge in [-0.2, -0.15) is 0 Å². The van der Waals surface area contributed by atoms with Gasteiger partial charge in [0.25, 0.3) is 0 Å². The van der Waals surface area contributed by atoms with E-state index in [1.54, 1.807) is 6.92 Å². The second kappa shape index (κ2) is 7.49. The molecule has 0 saturated heterocycles. The molecule has 0 fully saturated rings. The highest BCUT2D eigenvalue weighted by Gasteiger charge is 2.33. The minimum absolute atomic E-state index is 0.0808. The van der Waals surface area contributed by atoms with Crippen molar-refractivity contribution in [2.75, 3.05) is 0 Å². The quantitative estimate of drug-likeness (QED) is 0.717. The number of amides is 2. The zero-order valence-electron chi connectivity index (χ0n) is 14.0. The number of phenolic OH excluding ortho intramolecular Hbond substituents is 1. The fourth-order valence-corrected chi connectivity index (χ4v) is 2.94. The van der Waals surface area contributed by atoms with Crippen LogP contribution in [0.25, 0.3) is 0 Å². The van der Waals surface area contributed by atoms with E-state index >= 15 is 0 Å². The zero-order valence-corrected chi connectivity index (χ0v) is 14.7. The molecule has 2 amide bonds. The van der Waals surface area contributed by atoms with Crippen molar-refractivity contribution in [2.45, 2.75) is 19.6 Å². The van der Waals surface area contributed by atoms with Gasteiger partial charge in [-0.25, -0.2) is 9.59 Å². The van der Waals surface area contributed by atoms with Gasteiger partial charge < -0.3 is 20.5 Å². The van der Waals surface area contributed by atoms with Crippen LogP contribution in [0.4, 0.5) is 4.79 Å². The number of phenols is 1. The number of hydrogen-bond acceptors (Lipinski definition) is 4. The maximum Gasteiger partial charge on any atom is 0.338 e. The fourth-order valence-electron chi connectivity index (χ4n) is 2.76. The number of ether oxygens (including phenoxy) is 1. The van der Waals surface area contributed by atoms with Crippen molar-refractivity contribution in [1.29, 1.82) is 0 Å². The number of halogens is 1. The molecule has 0 saturated carbocycles. The average molecular weight is 373 g/mol. The summed E-state index contributed by atoms with van der Waals surface area (Å²) in [4.78, 5) is 24.6. The van der Waals surface area contributed by atoms with Gasteiger partial charge in [0.15, 0.2) is 0 Å². The highest BCUT2D eigenvalue weighted by molar-refractivity contribution is 6.30. The van der Waals surface area contributed by atoms with Crippen LogP contribution in [0.1, 0.15) is 24.1 Å². The molecule has 1 unspecified atom stereocenters. The summed E-state index contributed by atoms with van der Waals surface area (Å²) in [5, 5.41) is 15.7. The van der Waals surface area contributed by atoms with Crippen LogP contribution >= 0.6 is 11.6 Å². The lowest BCUT2D eigenvalue weighted by Crippen LogP contribution is -2.45. The largest absolute Gasteiger partial charge is 0.508 e. The van der Waals surface area contributed by atoms with E-state index in [4.69, 9.17) is 16.3 Å². The molecule has 3 rings (SSSR count). The van der Waals surface area contributed by atoms with Crippen LogP contribution in [0.5, 0.6) is 5.75 Å². The number of aromatic hydroxyl groups is 1. The van der Waals surface area contributed by atoms with Gasteiger partial charge in [0, 0.05) is 16.3 Å². The number of hydrogen-bond donors (Lipinski definition) is 3. The van der Waals surface area contributed by atoms with E-state index in [9.17, 15) is 14.7 Å². The SMILES string of the molecule is CC1=C(C(=O)OCc2ccccc2)C(c2cc(Cl)ccc2O)NC(=O)N1. The Balaban J connectivity index is 1.90. The molecule has 1 heterocycles. The first-order valence-electron chi connectivity index (χ1n) is 7.93. The first-order valence-corrected chi connectivity index (χ1v) is 8.31. The maximum absolute atomic E-state index is 12.7. The first-order chi connectivity index (χ1) is 12.5. The topological polar surface area (TPSA) is 87.7 Å². The Morgan fingerprint density at radius 1 is 1.23 bits per heavy atom. The third-order valence-electron chi connectivity index (χ3n) is 4.00. The smallest absolute Gasteiger partial charge is 0.338 e. The van der Waals surface area contributed by atoms with Gasteiger partial charge in [-0.3, -0.25) is 0 Å². The van der Waals surface area contributed by atoms with Crippen LogP contribution in [0.3, 0.4) is 0 Å². The van der Waals surface area contributed by atoms with Crippen molar-refractivity contribution in [1.82, 2.24) is 10.6 Å². The van der Waals surface area contributed by atoms with Gasteiger partial charge >= 0.3 is 12.0 Å². The number of rotatable bonds is 4. The van der Waals surface area contributed by atoms with Gasteiger partial charge in [-0.05, 0) is 30.7 Å². The summed E-state index contributed by atoms with van der Waals surface area (Å²) < 4.78 is 5.39. The molecule has 2 aromatic rings. The lowest BCUT2D eigenvalue weighted by molar-refractivity contribution is -0.140. The number of nitrogens with one attached hydrogen (secondary N) is 2. The Hall–Kier alpha value is -2.99. The van der Waals surface area contributed by atoms with E-state index in [-0.39, 0.29) is 17.9 Å². The molecular weight excluding hydrogens is 356 g/mol. The van der Waals surface area contributed by atoms with E-state index in [2.05, 4.69) is 10.6 Å². The highest BCUT2D eigenvalue weighted by atomic mass is 35.5. The molecule has 134 valence electrons. The molecule has 0 aliphatic carbocycles. The number of allylic oxidation sites excluding steroid dienone is 1. The molecule has 0 radical (unpaired) electrons. The third-order valence-corrected chi connectivity index (χ3v) is 4.24. The predicted octanol–water partition coefficient (Wildman–Crippen LogP) is 3.42. The van der Waals surface area contributed by atoms with Crippen molar-refractivity contribution < 1.29 is 19.4 Å². The Bertz CT molecular complexity index is 880. The van der Waals surface area contributed by atoms with Crippen molar-refractivity contribution in [3.05, 3.63) is 76.0 Å². The second-order valence-corrected chi connectivity index (χ2v) is 6.27. The molecule has 7 heteroatoms. The number of esters is 1. The second-order valence-electron chi connectivity index (χ2n) is 5.84. The molecule has 0 spiro atoms. The van der Waals surface area contributed by atoms with Crippen molar-refractivity contribution in [2.24, 2.45) is 0 Å². The molecule has 1 aliphatic heterocycles.